The highest BCUT2D eigenvalue weighted by Crippen LogP contribution is 2.28. The molecule has 0 saturated carbocycles. The lowest BCUT2D eigenvalue weighted by atomic mass is 10.2. The third kappa shape index (κ3) is 7.87. The number of nitrogens with one attached hydrogen (secondary N) is 2. The van der Waals surface area contributed by atoms with Crippen molar-refractivity contribution in [1.29, 1.82) is 0 Å². The molecule has 3 aromatic rings. The summed E-state index contributed by atoms with van der Waals surface area (Å²) in [6.07, 6.45) is 4.80. The van der Waals surface area contributed by atoms with Gasteiger partial charge >= 0.3 is 0 Å². The number of rotatable bonds is 13. The van der Waals surface area contributed by atoms with E-state index >= 15 is 0 Å². The lowest BCUT2D eigenvalue weighted by Gasteiger charge is -2.09. The van der Waals surface area contributed by atoms with Gasteiger partial charge in [0.2, 0.25) is 11.8 Å². The van der Waals surface area contributed by atoms with Gasteiger partial charge in [-0.05, 0) is 48.0 Å². The van der Waals surface area contributed by atoms with Crippen molar-refractivity contribution >= 4 is 35.3 Å². The number of ether oxygens (including phenoxy) is 3. The third-order valence-electron chi connectivity index (χ3n) is 5.07. The van der Waals surface area contributed by atoms with Gasteiger partial charge in [0, 0.05) is 18.3 Å². The maximum Gasteiger partial charge on any atom is 0.244 e. The van der Waals surface area contributed by atoms with Crippen molar-refractivity contribution in [2.75, 3.05) is 32.4 Å². The van der Waals surface area contributed by atoms with Crippen molar-refractivity contribution in [1.82, 2.24) is 20.1 Å². The van der Waals surface area contributed by atoms with E-state index in [2.05, 4.69) is 27.4 Å². The number of nitrogens with zero attached hydrogens (tertiary/aromatic N) is 3. The predicted octanol–water partition coefficient (Wildman–Crippen LogP) is 3.55. The molecule has 1 heterocycles. The van der Waals surface area contributed by atoms with Crippen LogP contribution in [0.25, 0.3) is 6.08 Å². The first kappa shape index (κ1) is 27.3. The minimum absolute atomic E-state index is 0.141. The Kier molecular flexibility index (Phi) is 10.1. The predicted molar refractivity (Wildman–Crippen MR) is 143 cm³/mol. The van der Waals surface area contributed by atoms with Crippen molar-refractivity contribution < 1.29 is 23.8 Å². The summed E-state index contributed by atoms with van der Waals surface area (Å²) < 4.78 is 17.4. The van der Waals surface area contributed by atoms with Crippen LogP contribution in [0.15, 0.2) is 66.4 Å². The lowest BCUT2D eigenvalue weighted by Crippen LogP contribution is -2.23. The van der Waals surface area contributed by atoms with Gasteiger partial charge < -0.3 is 29.4 Å². The van der Waals surface area contributed by atoms with Gasteiger partial charge in [-0.25, -0.2) is 0 Å². The number of benzene rings is 2. The molecule has 0 fully saturated rings. The smallest absolute Gasteiger partial charge is 0.244 e. The molecule has 10 nitrogen and oxygen atoms in total. The Bertz CT molecular complexity index is 1260. The van der Waals surface area contributed by atoms with Crippen LogP contribution < -0.4 is 24.8 Å². The van der Waals surface area contributed by atoms with Crippen molar-refractivity contribution in [3.8, 4) is 17.2 Å². The van der Waals surface area contributed by atoms with Gasteiger partial charge in [0.25, 0.3) is 0 Å². The molecule has 0 unspecified atom stereocenters. The summed E-state index contributed by atoms with van der Waals surface area (Å²) >= 11 is 1.25. The molecule has 0 aliphatic rings. The standard InChI is InChI=1S/C26H29N5O5S/c1-5-14-31-23(16-27-24(32)13-7-18-6-12-21(35-3)22(15-18)36-4)29-30-26(31)37-17-25(33)28-19-8-10-20(34-2)11-9-19/h5-13,15H,1,14,16-17H2,2-4H3,(H,27,32)(H,28,33). The molecule has 2 N–H and O–H groups in total. The van der Waals surface area contributed by atoms with Crippen LogP contribution in [-0.4, -0.2) is 53.7 Å². The molecule has 0 aliphatic carbocycles. The molecule has 1 aromatic heterocycles. The van der Waals surface area contributed by atoms with E-state index in [4.69, 9.17) is 14.2 Å². The van der Waals surface area contributed by atoms with E-state index in [9.17, 15) is 9.59 Å². The van der Waals surface area contributed by atoms with Crippen LogP contribution in [0.3, 0.4) is 0 Å². The van der Waals surface area contributed by atoms with E-state index in [1.54, 1.807) is 74.4 Å². The average Bonchev–Trinajstić information content (AvgIpc) is 3.31. The fourth-order valence-electron chi connectivity index (χ4n) is 3.22. The van der Waals surface area contributed by atoms with E-state index in [-0.39, 0.29) is 24.1 Å². The van der Waals surface area contributed by atoms with E-state index in [1.807, 2.05) is 6.07 Å². The molecule has 0 bridgehead atoms. The van der Waals surface area contributed by atoms with Gasteiger partial charge in [-0.2, -0.15) is 0 Å². The minimum Gasteiger partial charge on any atom is -0.497 e. The third-order valence-corrected chi connectivity index (χ3v) is 6.03. The monoisotopic (exact) mass is 523 g/mol. The Hall–Kier alpha value is -4.25. The Morgan fingerprint density at radius 2 is 1.78 bits per heavy atom. The molecule has 0 radical (unpaired) electrons. The average molecular weight is 524 g/mol. The number of carbonyl (C=O) groups excluding carboxylic acids is 2. The SMILES string of the molecule is C=CCn1c(CNC(=O)C=Cc2ccc(OC)c(OC)c2)nnc1SCC(=O)Nc1ccc(OC)cc1. The number of carbonyl (C=O) groups is 2. The zero-order valence-electron chi connectivity index (χ0n) is 20.9. The molecule has 37 heavy (non-hydrogen) atoms. The molecule has 0 atom stereocenters. The number of thioether (sulfide) groups is 1. The van der Waals surface area contributed by atoms with Gasteiger partial charge in [0.1, 0.15) is 5.75 Å². The fraction of sp³-hybridized carbons (Fsp3) is 0.231. The zero-order valence-corrected chi connectivity index (χ0v) is 21.7. The second kappa shape index (κ2) is 13.7. The Morgan fingerprint density at radius 1 is 1.03 bits per heavy atom. The summed E-state index contributed by atoms with van der Waals surface area (Å²) in [6.45, 7) is 4.37. The highest BCUT2D eigenvalue weighted by Gasteiger charge is 2.14. The van der Waals surface area contributed by atoms with E-state index < -0.39 is 0 Å². The number of amides is 2. The highest BCUT2D eigenvalue weighted by atomic mass is 32.2. The first-order chi connectivity index (χ1) is 18.0. The fourth-order valence-corrected chi connectivity index (χ4v) is 3.99. The van der Waals surface area contributed by atoms with E-state index in [0.717, 1.165) is 5.56 Å². The van der Waals surface area contributed by atoms with Crippen molar-refractivity contribution in [2.24, 2.45) is 0 Å². The topological polar surface area (TPSA) is 117 Å². The zero-order chi connectivity index (χ0) is 26.6. The van der Waals surface area contributed by atoms with Crippen LogP contribution >= 0.6 is 11.8 Å². The number of hydrogen-bond donors (Lipinski definition) is 2. The minimum atomic E-state index is -0.295. The molecular weight excluding hydrogens is 494 g/mol. The van der Waals surface area contributed by atoms with Gasteiger partial charge in [0.05, 0.1) is 33.6 Å². The van der Waals surface area contributed by atoms with Crippen LogP contribution in [0, 0.1) is 0 Å². The molecular formula is C26H29N5O5S. The summed E-state index contributed by atoms with van der Waals surface area (Å²) in [5.74, 6) is 2.10. The number of methoxy groups -OCH3 is 3. The second-order valence-electron chi connectivity index (χ2n) is 7.53. The number of anilines is 1. The first-order valence-corrected chi connectivity index (χ1v) is 12.2. The molecule has 2 aromatic carbocycles. The molecule has 3 rings (SSSR count). The summed E-state index contributed by atoms with van der Waals surface area (Å²) in [4.78, 5) is 24.8. The van der Waals surface area contributed by atoms with Gasteiger partial charge in [0.15, 0.2) is 22.5 Å². The largest absolute Gasteiger partial charge is 0.497 e. The summed E-state index contributed by atoms with van der Waals surface area (Å²) in [5, 5.41) is 14.5. The Balaban J connectivity index is 1.56. The molecule has 11 heteroatoms. The van der Waals surface area contributed by atoms with Crippen LogP contribution in [0.4, 0.5) is 5.69 Å². The highest BCUT2D eigenvalue weighted by molar-refractivity contribution is 7.99. The maximum absolute atomic E-state index is 12.4. The molecule has 2 amide bonds. The molecule has 0 spiro atoms. The molecule has 0 aliphatic heterocycles. The summed E-state index contributed by atoms with van der Waals surface area (Å²) in [5.41, 5.74) is 1.46. The van der Waals surface area contributed by atoms with E-state index in [0.29, 0.717) is 40.5 Å². The maximum atomic E-state index is 12.4. The van der Waals surface area contributed by atoms with Gasteiger partial charge in [-0.1, -0.05) is 23.9 Å². The van der Waals surface area contributed by atoms with Crippen molar-refractivity contribution in [2.45, 2.75) is 18.2 Å². The van der Waals surface area contributed by atoms with Gasteiger partial charge in [-0.15, -0.1) is 16.8 Å². The summed E-state index contributed by atoms with van der Waals surface area (Å²) in [7, 11) is 4.70. The van der Waals surface area contributed by atoms with Crippen LogP contribution in [0.2, 0.25) is 0 Å². The van der Waals surface area contributed by atoms with Gasteiger partial charge in [-0.3, -0.25) is 9.59 Å². The molecule has 0 saturated heterocycles. The van der Waals surface area contributed by atoms with Crippen LogP contribution in [-0.2, 0) is 22.7 Å². The van der Waals surface area contributed by atoms with Crippen molar-refractivity contribution in [3.05, 3.63) is 72.6 Å². The Labute approximate surface area is 219 Å². The summed E-state index contributed by atoms with van der Waals surface area (Å²) in [6, 6.07) is 12.4. The van der Waals surface area contributed by atoms with Crippen molar-refractivity contribution in [3.63, 3.8) is 0 Å². The molecule has 194 valence electrons. The quantitative estimate of drug-likeness (QED) is 0.199. The number of allylic oxidation sites excluding steroid dienone is 1. The first-order valence-electron chi connectivity index (χ1n) is 11.2. The van der Waals surface area contributed by atoms with Crippen LogP contribution in [0.1, 0.15) is 11.4 Å². The van der Waals surface area contributed by atoms with Crippen LogP contribution in [0.5, 0.6) is 17.2 Å². The normalized spacial score (nSPS) is 10.7. The lowest BCUT2D eigenvalue weighted by molar-refractivity contribution is -0.116. The second-order valence-corrected chi connectivity index (χ2v) is 8.47. The number of aromatic nitrogens is 3. The van der Waals surface area contributed by atoms with E-state index in [1.165, 1.54) is 17.8 Å². The Morgan fingerprint density at radius 3 is 2.46 bits per heavy atom. The number of hydrogen-bond acceptors (Lipinski definition) is 8.